The van der Waals surface area contributed by atoms with Crippen LogP contribution in [0.15, 0.2) is 48.5 Å². The van der Waals surface area contributed by atoms with Crippen LogP contribution in [0.1, 0.15) is 25.7 Å². The minimum Gasteiger partial charge on any atom is -0.393 e. The molecule has 0 unspecified atom stereocenters. The van der Waals surface area contributed by atoms with E-state index in [4.69, 9.17) is 5.73 Å². The summed E-state index contributed by atoms with van der Waals surface area (Å²) in [6.45, 7) is 1.70. The third-order valence-corrected chi connectivity index (χ3v) is 5.01. The van der Waals surface area contributed by atoms with Crippen LogP contribution in [-0.4, -0.2) is 21.7 Å². The summed E-state index contributed by atoms with van der Waals surface area (Å²) < 4.78 is 0. The first kappa shape index (κ1) is 19.0. The summed E-state index contributed by atoms with van der Waals surface area (Å²) in [5, 5.41) is 11.6. The van der Waals surface area contributed by atoms with E-state index in [1.54, 1.807) is 6.92 Å². The molecule has 2 aromatic carbocycles. The zero-order chi connectivity index (χ0) is 20.3. The Morgan fingerprint density at radius 3 is 2.46 bits per heavy atom. The van der Waals surface area contributed by atoms with Crippen molar-refractivity contribution in [2.45, 2.75) is 6.92 Å². The van der Waals surface area contributed by atoms with Crippen molar-refractivity contribution in [3.63, 3.8) is 0 Å². The van der Waals surface area contributed by atoms with Crippen molar-refractivity contribution in [2.75, 3.05) is 5.73 Å². The average Bonchev–Trinajstić information content (AvgIpc) is 3.08. The molecule has 0 bridgehead atoms. The van der Waals surface area contributed by atoms with Gasteiger partial charge in [-0.1, -0.05) is 30.3 Å². The predicted molar refractivity (Wildman–Crippen MR) is 105 cm³/mol. The number of carbonyl (C=O) groups is 2. The van der Waals surface area contributed by atoms with Gasteiger partial charge < -0.3 is 5.73 Å². The largest absolute Gasteiger partial charge is 0.393 e. The molecule has 3 rings (SSSR count). The first-order valence-corrected chi connectivity index (χ1v) is 8.86. The van der Waals surface area contributed by atoms with Crippen molar-refractivity contribution in [3.8, 4) is 10.6 Å². The minimum atomic E-state index is -0.707. The lowest BCUT2D eigenvalue weighted by Crippen LogP contribution is -2.41. The normalized spacial score (nSPS) is 10.3. The summed E-state index contributed by atoms with van der Waals surface area (Å²) in [6.07, 6.45) is 0. The van der Waals surface area contributed by atoms with Crippen LogP contribution in [0.4, 0.5) is 11.4 Å². The molecule has 0 aliphatic heterocycles. The Bertz CT molecular complexity index is 1070. The highest BCUT2D eigenvalue weighted by molar-refractivity contribution is 7.17. The number of nitro groups is 1. The van der Waals surface area contributed by atoms with E-state index < -0.39 is 16.7 Å². The number of rotatable bonds is 4. The number of hydrogen-bond acceptors (Lipinski definition) is 7. The van der Waals surface area contributed by atoms with Crippen LogP contribution in [0.2, 0.25) is 0 Å². The maximum atomic E-state index is 12.4. The van der Waals surface area contributed by atoms with Crippen molar-refractivity contribution < 1.29 is 14.5 Å². The molecule has 142 valence electrons. The van der Waals surface area contributed by atoms with Gasteiger partial charge in [-0.25, -0.2) is 4.98 Å². The zero-order valence-electron chi connectivity index (χ0n) is 14.6. The number of carbonyl (C=O) groups excluding carboxylic acids is 2. The number of aryl methyl sites for hydroxylation is 1. The third-order valence-electron chi connectivity index (χ3n) is 3.80. The fourth-order valence-corrected chi connectivity index (χ4v) is 3.36. The number of nitrogens with one attached hydrogen (secondary N) is 2. The molecule has 1 aromatic heterocycles. The molecule has 0 radical (unpaired) electrons. The average molecular weight is 397 g/mol. The second-order valence-electron chi connectivity index (χ2n) is 5.74. The smallest absolute Gasteiger partial charge is 0.292 e. The fraction of sp³-hybridized carbons (Fsp3) is 0.0556. The van der Waals surface area contributed by atoms with Crippen molar-refractivity contribution >= 4 is 34.5 Å². The Morgan fingerprint density at radius 1 is 1.11 bits per heavy atom. The number of anilines is 1. The van der Waals surface area contributed by atoms with E-state index >= 15 is 0 Å². The van der Waals surface area contributed by atoms with Crippen LogP contribution in [0.5, 0.6) is 0 Å². The zero-order valence-corrected chi connectivity index (χ0v) is 15.4. The van der Waals surface area contributed by atoms with Gasteiger partial charge >= 0.3 is 0 Å². The molecule has 4 N–H and O–H groups in total. The van der Waals surface area contributed by atoms with Gasteiger partial charge in [-0.3, -0.25) is 30.6 Å². The third kappa shape index (κ3) is 3.96. The van der Waals surface area contributed by atoms with Crippen molar-refractivity contribution in [1.82, 2.24) is 15.8 Å². The number of thiazole rings is 1. The van der Waals surface area contributed by atoms with Crippen LogP contribution < -0.4 is 16.6 Å². The Morgan fingerprint density at radius 2 is 1.79 bits per heavy atom. The van der Waals surface area contributed by atoms with Gasteiger partial charge in [0.1, 0.15) is 15.6 Å². The number of nitrogens with zero attached hydrogens (tertiary/aromatic N) is 2. The molecule has 0 saturated heterocycles. The molecule has 0 aliphatic carbocycles. The molecule has 0 atom stereocenters. The number of aromatic nitrogens is 1. The highest BCUT2D eigenvalue weighted by Crippen LogP contribution is 2.27. The van der Waals surface area contributed by atoms with E-state index in [2.05, 4.69) is 15.8 Å². The predicted octanol–water partition coefficient (Wildman–Crippen LogP) is 2.68. The molecule has 3 aromatic rings. The molecule has 9 nitrogen and oxygen atoms in total. The molecule has 28 heavy (non-hydrogen) atoms. The van der Waals surface area contributed by atoms with Crippen LogP contribution in [0, 0.1) is 17.0 Å². The lowest BCUT2D eigenvalue weighted by molar-refractivity contribution is -0.383. The lowest BCUT2D eigenvalue weighted by atomic mass is 10.1. The van der Waals surface area contributed by atoms with E-state index in [9.17, 15) is 19.7 Å². The molecular formula is C18H15N5O4S. The van der Waals surface area contributed by atoms with Gasteiger partial charge in [0.2, 0.25) is 0 Å². The summed E-state index contributed by atoms with van der Waals surface area (Å²) in [7, 11) is 0. The number of nitro benzene ring substituents is 1. The maximum absolute atomic E-state index is 12.4. The Hall–Kier alpha value is -3.79. The number of benzene rings is 2. The van der Waals surface area contributed by atoms with E-state index in [1.807, 2.05) is 30.3 Å². The molecule has 10 heteroatoms. The minimum absolute atomic E-state index is 0.00722. The molecule has 0 aliphatic rings. The summed E-state index contributed by atoms with van der Waals surface area (Å²) in [4.78, 5) is 39.5. The Balaban J connectivity index is 1.71. The topological polar surface area (TPSA) is 140 Å². The quantitative estimate of drug-likeness (QED) is 0.351. The molecular weight excluding hydrogens is 382 g/mol. The van der Waals surface area contributed by atoms with E-state index in [0.717, 1.165) is 11.6 Å². The monoisotopic (exact) mass is 397 g/mol. The molecule has 0 spiro atoms. The van der Waals surface area contributed by atoms with Crippen molar-refractivity contribution in [3.05, 3.63) is 74.8 Å². The summed E-state index contributed by atoms with van der Waals surface area (Å²) in [5.41, 5.74) is 11.0. The lowest BCUT2D eigenvalue weighted by Gasteiger charge is -2.07. The highest BCUT2D eigenvalue weighted by Gasteiger charge is 2.19. The van der Waals surface area contributed by atoms with Crippen LogP contribution in [0.25, 0.3) is 10.6 Å². The van der Waals surface area contributed by atoms with E-state index in [0.29, 0.717) is 15.6 Å². The van der Waals surface area contributed by atoms with Crippen LogP contribution in [0.3, 0.4) is 0 Å². The van der Waals surface area contributed by atoms with Gasteiger partial charge in [-0.05, 0) is 19.1 Å². The number of amides is 2. The summed E-state index contributed by atoms with van der Waals surface area (Å²) in [6, 6.07) is 13.0. The Labute approximate surface area is 163 Å². The SMILES string of the molecule is Cc1nc(-c2ccccc2)sc1C(=O)NNC(=O)c1ccc(N)c([N+](=O)[O-])c1. The van der Waals surface area contributed by atoms with E-state index in [1.165, 1.54) is 23.5 Å². The fourth-order valence-electron chi connectivity index (χ4n) is 2.40. The molecule has 0 fully saturated rings. The number of hydrazine groups is 1. The molecule has 2 amide bonds. The van der Waals surface area contributed by atoms with Crippen molar-refractivity contribution in [1.29, 1.82) is 0 Å². The Kier molecular flexibility index (Phi) is 5.32. The maximum Gasteiger partial charge on any atom is 0.292 e. The van der Waals surface area contributed by atoms with Gasteiger partial charge in [0, 0.05) is 17.2 Å². The van der Waals surface area contributed by atoms with Gasteiger partial charge in [0.05, 0.1) is 10.6 Å². The standard InChI is InChI=1S/C18H15N5O4S/c1-10-15(28-18(20-10)11-5-3-2-4-6-11)17(25)22-21-16(24)12-7-8-13(19)14(9-12)23(26)27/h2-9H,19H2,1H3,(H,21,24)(H,22,25). The van der Waals surface area contributed by atoms with Gasteiger partial charge in [0.15, 0.2) is 0 Å². The molecule has 0 saturated carbocycles. The molecule has 1 heterocycles. The summed E-state index contributed by atoms with van der Waals surface area (Å²) >= 11 is 1.20. The number of nitrogens with two attached hydrogens (primary N) is 1. The van der Waals surface area contributed by atoms with Crippen LogP contribution >= 0.6 is 11.3 Å². The summed E-state index contributed by atoms with van der Waals surface area (Å²) in [5.74, 6) is -1.24. The van der Waals surface area contributed by atoms with Gasteiger partial charge in [0.25, 0.3) is 17.5 Å². The van der Waals surface area contributed by atoms with Crippen LogP contribution in [-0.2, 0) is 0 Å². The second kappa shape index (κ2) is 7.84. The highest BCUT2D eigenvalue weighted by atomic mass is 32.1. The second-order valence-corrected chi connectivity index (χ2v) is 6.74. The van der Waals surface area contributed by atoms with Gasteiger partial charge in [-0.2, -0.15) is 0 Å². The number of nitrogen functional groups attached to an aromatic ring is 1. The number of hydrogen-bond donors (Lipinski definition) is 3. The first-order valence-electron chi connectivity index (χ1n) is 8.04. The van der Waals surface area contributed by atoms with Crippen molar-refractivity contribution in [2.24, 2.45) is 0 Å². The van der Waals surface area contributed by atoms with Gasteiger partial charge in [-0.15, -0.1) is 11.3 Å². The first-order chi connectivity index (χ1) is 13.4. The van der Waals surface area contributed by atoms with E-state index in [-0.39, 0.29) is 16.9 Å².